The van der Waals surface area contributed by atoms with Gasteiger partial charge in [0.2, 0.25) is 5.78 Å². The Bertz CT molecular complexity index is 1130. The lowest BCUT2D eigenvalue weighted by molar-refractivity contribution is 0.0408. The fourth-order valence-electron chi connectivity index (χ4n) is 6.41. The number of fused-ring (bicyclic) bond motifs is 4. The lowest BCUT2D eigenvalue weighted by atomic mass is 9.51. The van der Waals surface area contributed by atoms with Gasteiger partial charge < -0.3 is 14.6 Å². The van der Waals surface area contributed by atoms with E-state index in [1.165, 1.54) is 24.6 Å². The summed E-state index contributed by atoms with van der Waals surface area (Å²) in [5.41, 5.74) is 2.24. The highest BCUT2D eigenvalue weighted by atomic mass is 16.3. The Labute approximate surface area is 175 Å². The maximum Gasteiger partial charge on any atom is 0.201 e. The number of rotatable bonds is 1. The standard InChI is InChI=1S/C25H26O5/c1-24(2)9-4-10-25(3)15-12-30-23(13(15)5-8-19(24)25)14-11-18(28)20-16(26)6-7-17(27)21(20)22(14)29/h6-7,11-12,19,26-27H,4-5,8-10H2,1-3H3/t19?,25-/m1/s1. The van der Waals surface area contributed by atoms with E-state index >= 15 is 0 Å². The molecule has 0 aliphatic heterocycles. The minimum absolute atomic E-state index is 0.0162. The Morgan fingerprint density at radius 2 is 1.73 bits per heavy atom. The van der Waals surface area contributed by atoms with Gasteiger partial charge in [-0.05, 0) is 54.6 Å². The van der Waals surface area contributed by atoms with E-state index < -0.39 is 11.6 Å². The summed E-state index contributed by atoms with van der Waals surface area (Å²) in [6.07, 6.45) is 8.27. The monoisotopic (exact) mass is 406 g/mol. The Morgan fingerprint density at radius 3 is 2.47 bits per heavy atom. The molecule has 0 bridgehead atoms. The lowest BCUT2D eigenvalue weighted by Gasteiger charge is -2.53. The molecule has 2 N–H and O–H groups in total. The van der Waals surface area contributed by atoms with Crippen molar-refractivity contribution in [2.45, 2.75) is 58.3 Å². The first-order valence-electron chi connectivity index (χ1n) is 10.6. The van der Waals surface area contributed by atoms with Gasteiger partial charge >= 0.3 is 0 Å². The number of allylic oxidation sites excluding steroid dienone is 2. The molecule has 1 unspecified atom stereocenters. The molecular weight excluding hydrogens is 380 g/mol. The predicted molar refractivity (Wildman–Crippen MR) is 112 cm³/mol. The smallest absolute Gasteiger partial charge is 0.201 e. The molecule has 1 aromatic carbocycles. The van der Waals surface area contributed by atoms with Crippen LogP contribution in [0.5, 0.6) is 11.5 Å². The molecule has 1 saturated carbocycles. The van der Waals surface area contributed by atoms with Gasteiger partial charge in [-0.3, -0.25) is 9.59 Å². The van der Waals surface area contributed by atoms with Gasteiger partial charge in [0.05, 0.1) is 23.0 Å². The predicted octanol–water partition coefficient (Wildman–Crippen LogP) is 5.18. The zero-order valence-corrected chi connectivity index (χ0v) is 17.5. The molecule has 0 spiro atoms. The Hall–Kier alpha value is -2.82. The van der Waals surface area contributed by atoms with Crippen molar-refractivity contribution in [3.63, 3.8) is 0 Å². The zero-order valence-electron chi connectivity index (χ0n) is 17.5. The van der Waals surface area contributed by atoms with Gasteiger partial charge in [0.15, 0.2) is 5.78 Å². The molecule has 3 aliphatic rings. The van der Waals surface area contributed by atoms with Gasteiger partial charge in [-0.25, -0.2) is 0 Å². The van der Waals surface area contributed by atoms with Crippen LogP contribution in [-0.2, 0) is 11.8 Å². The van der Waals surface area contributed by atoms with E-state index in [2.05, 4.69) is 20.8 Å². The van der Waals surface area contributed by atoms with Crippen LogP contribution in [0.25, 0.3) is 5.57 Å². The van der Waals surface area contributed by atoms with E-state index in [1.54, 1.807) is 6.26 Å². The second-order valence-corrected chi connectivity index (χ2v) is 9.91. The van der Waals surface area contributed by atoms with Crippen molar-refractivity contribution in [3.8, 4) is 11.5 Å². The normalized spacial score (nSPS) is 27.2. The van der Waals surface area contributed by atoms with Crippen molar-refractivity contribution in [3.05, 3.63) is 52.5 Å². The van der Waals surface area contributed by atoms with E-state index in [4.69, 9.17) is 4.42 Å². The molecule has 1 fully saturated rings. The number of benzene rings is 1. The summed E-state index contributed by atoms with van der Waals surface area (Å²) in [5.74, 6) is -0.648. The van der Waals surface area contributed by atoms with Crippen LogP contribution in [0.4, 0.5) is 0 Å². The number of ketones is 2. The fraction of sp³-hybridized carbons (Fsp3) is 0.440. The molecule has 5 heteroatoms. The number of carbonyl (C=O) groups is 2. The van der Waals surface area contributed by atoms with E-state index in [1.807, 2.05) is 0 Å². The summed E-state index contributed by atoms with van der Waals surface area (Å²) in [4.78, 5) is 25.9. The first-order valence-corrected chi connectivity index (χ1v) is 10.6. The molecule has 30 heavy (non-hydrogen) atoms. The van der Waals surface area contributed by atoms with Gasteiger partial charge in [0.25, 0.3) is 0 Å². The molecule has 2 aromatic rings. The molecule has 0 radical (unpaired) electrons. The largest absolute Gasteiger partial charge is 0.507 e. The molecular formula is C25H26O5. The van der Waals surface area contributed by atoms with E-state index in [-0.39, 0.29) is 39.0 Å². The van der Waals surface area contributed by atoms with Crippen LogP contribution >= 0.6 is 0 Å². The topological polar surface area (TPSA) is 87.7 Å². The molecule has 0 amide bonds. The summed E-state index contributed by atoms with van der Waals surface area (Å²) in [6, 6.07) is 2.45. The number of Topliss-reactive ketones (excluding diaryl/α,β-unsaturated/α-hetero) is 1. The summed E-state index contributed by atoms with van der Waals surface area (Å²) in [5, 5.41) is 20.3. The minimum Gasteiger partial charge on any atom is -0.507 e. The number of carbonyl (C=O) groups excluding carboxylic acids is 2. The van der Waals surface area contributed by atoms with E-state index in [0.717, 1.165) is 36.8 Å². The second-order valence-electron chi connectivity index (χ2n) is 9.91. The highest BCUT2D eigenvalue weighted by Crippen LogP contribution is 2.58. The van der Waals surface area contributed by atoms with Gasteiger partial charge in [-0.2, -0.15) is 0 Å². The zero-order chi connectivity index (χ0) is 21.4. The first kappa shape index (κ1) is 19.2. The number of furan rings is 1. The van der Waals surface area contributed by atoms with E-state index in [9.17, 15) is 19.8 Å². The maximum atomic E-state index is 13.2. The van der Waals surface area contributed by atoms with Crippen LogP contribution in [0, 0.1) is 11.3 Å². The van der Waals surface area contributed by atoms with Crippen molar-refractivity contribution in [2.24, 2.45) is 11.3 Å². The fourth-order valence-corrected chi connectivity index (χ4v) is 6.41. The number of hydrogen-bond donors (Lipinski definition) is 2. The van der Waals surface area contributed by atoms with E-state index in [0.29, 0.717) is 11.7 Å². The van der Waals surface area contributed by atoms with Crippen molar-refractivity contribution < 1.29 is 24.2 Å². The molecule has 5 rings (SSSR count). The summed E-state index contributed by atoms with van der Waals surface area (Å²) in [7, 11) is 0. The van der Waals surface area contributed by atoms with Crippen LogP contribution in [0.3, 0.4) is 0 Å². The quantitative estimate of drug-likeness (QED) is 0.637. The maximum absolute atomic E-state index is 13.2. The average Bonchev–Trinajstić information content (AvgIpc) is 3.11. The third-order valence-corrected chi connectivity index (χ3v) is 7.82. The van der Waals surface area contributed by atoms with Crippen LogP contribution in [0.1, 0.15) is 84.1 Å². The SMILES string of the molecule is CC1(C)CCC[C@]2(C)c3coc(C4=CC(=O)c5c(O)ccc(O)c5C4=O)c3CCC12. The van der Waals surface area contributed by atoms with Gasteiger partial charge in [0.1, 0.15) is 17.3 Å². The number of aromatic hydroxyl groups is 2. The summed E-state index contributed by atoms with van der Waals surface area (Å²) < 4.78 is 5.96. The Morgan fingerprint density at radius 1 is 1.03 bits per heavy atom. The number of phenolic OH excluding ortho intramolecular Hbond substituents is 2. The number of phenols is 2. The van der Waals surface area contributed by atoms with Crippen molar-refractivity contribution in [1.82, 2.24) is 0 Å². The third-order valence-electron chi connectivity index (χ3n) is 7.82. The third kappa shape index (κ3) is 2.41. The molecule has 156 valence electrons. The lowest BCUT2D eigenvalue weighted by Crippen LogP contribution is -2.47. The second kappa shape index (κ2) is 6.10. The number of hydrogen-bond acceptors (Lipinski definition) is 5. The summed E-state index contributed by atoms with van der Waals surface area (Å²) >= 11 is 0. The molecule has 1 aromatic heterocycles. The first-order chi connectivity index (χ1) is 14.1. The Balaban J connectivity index is 1.63. The molecule has 5 nitrogen and oxygen atoms in total. The highest BCUT2D eigenvalue weighted by Gasteiger charge is 2.51. The van der Waals surface area contributed by atoms with Gasteiger partial charge in [0, 0.05) is 17.2 Å². The molecule has 0 saturated heterocycles. The molecule has 2 atom stereocenters. The van der Waals surface area contributed by atoms with Gasteiger partial charge in [-0.1, -0.05) is 27.2 Å². The van der Waals surface area contributed by atoms with Crippen LogP contribution in [0.2, 0.25) is 0 Å². The average molecular weight is 406 g/mol. The molecule has 3 aliphatic carbocycles. The van der Waals surface area contributed by atoms with Crippen LogP contribution in [0.15, 0.2) is 28.9 Å². The van der Waals surface area contributed by atoms with Crippen LogP contribution in [-0.4, -0.2) is 21.8 Å². The highest BCUT2D eigenvalue weighted by molar-refractivity contribution is 6.39. The van der Waals surface area contributed by atoms with Gasteiger partial charge in [-0.15, -0.1) is 0 Å². The molecule has 1 heterocycles. The van der Waals surface area contributed by atoms with Crippen molar-refractivity contribution in [2.75, 3.05) is 0 Å². The summed E-state index contributed by atoms with van der Waals surface area (Å²) in [6.45, 7) is 7.00. The van der Waals surface area contributed by atoms with Crippen molar-refractivity contribution >= 4 is 17.1 Å². The minimum atomic E-state index is -0.503. The Kier molecular flexibility index (Phi) is 3.89. The van der Waals surface area contributed by atoms with Crippen molar-refractivity contribution in [1.29, 1.82) is 0 Å². The van der Waals surface area contributed by atoms with Crippen LogP contribution < -0.4 is 0 Å².